The summed E-state index contributed by atoms with van der Waals surface area (Å²) in [5.74, 6) is 0.0263. The van der Waals surface area contributed by atoms with Crippen molar-refractivity contribution < 1.29 is 28.5 Å². The maximum Gasteiger partial charge on any atom is 0.329 e. The van der Waals surface area contributed by atoms with E-state index in [-0.39, 0.29) is 18.7 Å². The third-order valence-corrected chi connectivity index (χ3v) is 5.09. The molecule has 0 atom stereocenters. The van der Waals surface area contributed by atoms with Crippen LogP contribution < -0.4 is 25.2 Å². The minimum Gasteiger partial charge on any atom is -0.493 e. The first-order valence-electron chi connectivity index (χ1n) is 10.4. The average Bonchev–Trinajstić information content (AvgIpc) is 3.10. The number of fused-ring (bicyclic) bond motifs is 1. The number of carbonyl (C=O) groups excluding carboxylic acids is 2. The number of aromatic nitrogens is 2. The van der Waals surface area contributed by atoms with Crippen molar-refractivity contribution in [1.82, 2.24) is 9.13 Å². The summed E-state index contributed by atoms with van der Waals surface area (Å²) < 4.78 is 24.0. The Bertz CT molecular complexity index is 1190. The van der Waals surface area contributed by atoms with Crippen molar-refractivity contribution in [2.75, 3.05) is 33.3 Å². The van der Waals surface area contributed by atoms with Gasteiger partial charge in [-0.25, -0.2) is 4.79 Å². The van der Waals surface area contributed by atoms with Gasteiger partial charge in [-0.3, -0.25) is 18.7 Å². The van der Waals surface area contributed by atoms with Crippen LogP contribution in [0.1, 0.15) is 13.3 Å². The zero-order valence-electron chi connectivity index (χ0n) is 19.0. The van der Waals surface area contributed by atoms with Crippen LogP contribution in [0.15, 0.2) is 41.2 Å². The molecular formula is C23H27N3O7. The van der Waals surface area contributed by atoms with Gasteiger partial charge in [-0.15, -0.1) is 0 Å². The highest BCUT2D eigenvalue weighted by atomic mass is 16.5. The van der Waals surface area contributed by atoms with Crippen LogP contribution in [0.25, 0.3) is 11.0 Å². The Kier molecular flexibility index (Phi) is 7.60. The number of rotatable bonds is 10. The van der Waals surface area contributed by atoms with Gasteiger partial charge in [-0.05, 0) is 19.1 Å². The van der Waals surface area contributed by atoms with Crippen LogP contribution >= 0.6 is 0 Å². The highest BCUT2D eigenvalue weighted by Crippen LogP contribution is 2.39. The summed E-state index contributed by atoms with van der Waals surface area (Å²) in [5, 5.41) is 2.63. The molecule has 0 unspecified atom stereocenters. The number of ether oxygens (including phenoxy) is 4. The molecule has 0 saturated heterocycles. The largest absolute Gasteiger partial charge is 0.493 e. The second-order valence-electron chi connectivity index (χ2n) is 7.04. The van der Waals surface area contributed by atoms with Crippen LogP contribution in [0.3, 0.4) is 0 Å². The van der Waals surface area contributed by atoms with E-state index in [1.807, 2.05) is 31.2 Å². The number of nitrogens with zero attached hydrogens (tertiary/aromatic N) is 2. The van der Waals surface area contributed by atoms with E-state index in [1.54, 1.807) is 16.7 Å². The van der Waals surface area contributed by atoms with Gasteiger partial charge in [0.05, 0.1) is 38.8 Å². The van der Waals surface area contributed by atoms with Crippen LogP contribution in [-0.4, -0.2) is 48.9 Å². The van der Waals surface area contributed by atoms with Crippen LogP contribution in [0, 0.1) is 0 Å². The number of benzene rings is 2. The van der Waals surface area contributed by atoms with E-state index >= 15 is 0 Å². The smallest absolute Gasteiger partial charge is 0.329 e. The van der Waals surface area contributed by atoms with Crippen molar-refractivity contribution in [1.29, 1.82) is 0 Å². The summed E-state index contributed by atoms with van der Waals surface area (Å²) in [6.07, 6.45) is -0.0465. The van der Waals surface area contributed by atoms with Gasteiger partial charge in [-0.2, -0.15) is 0 Å². The van der Waals surface area contributed by atoms with Crippen molar-refractivity contribution in [3.05, 3.63) is 46.9 Å². The van der Waals surface area contributed by atoms with Crippen molar-refractivity contribution in [3.63, 3.8) is 0 Å². The molecule has 33 heavy (non-hydrogen) atoms. The Morgan fingerprint density at radius 1 is 0.939 bits per heavy atom. The Hall–Kier alpha value is -3.95. The number of imidazole rings is 1. The summed E-state index contributed by atoms with van der Waals surface area (Å²) in [6.45, 7) is 2.09. The number of esters is 1. The number of carbonyl (C=O) groups is 2. The van der Waals surface area contributed by atoms with Gasteiger partial charge in [0.15, 0.2) is 18.1 Å². The fraction of sp³-hybridized carbons (Fsp3) is 0.348. The van der Waals surface area contributed by atoms with E-state index in [2.05, 4.69) is 5.32 Å². The highest BCUT2D eigenvalue weighted by Gasteiger charge is 2.16. The molecule has 0 aliphatic heterocycles. The number of aryl methyl sites for hydroxylation is 2. The van der Waals surface area contributed by atoms with Crippen molar-refractivity contribution in [2.45, 2.75) is 26.4 Å². The number of methoxy groups -OCH3 is 3. The maximum absolute atomic E-state index is 12.6. The van der Waals surface area contributed by atoms with Crippen molar-refractivity contribution >= 4 is 28.6 Å². The molecule has 0 fully saturated rings. The van der Waals surface area contributed by atoms with Crippen LogP contribution in [-0.2, 0) is 27.4 Å². The topological polar surface area (TPSA) is 110 Å². The predicted molar refractivity (Wildman–Crippen MR) is 122 cm³/mol. The lowest BCUT2D eigenvalue weighted by Gasteiger charge is -2.14. The lowest BCUT2D eigenvalue weighted by Crippen LogP contribution is -2.26. The van der Waals surface area contributed by atoms with Crippen LogP contribution in [0.5, 0.6) is 17.2 Å². The van der Waals surface area contributed by atoms with Gasteiger partial charge in [0.25, 0.3) is 5.91 Å². The molecule has 176 valence electrons. The molecule has 10 nitrogen and oxygen atoms in total. The first-order valence-corrected chi connectivity index (χ1v) is 10.4. The van der Waals surface area contributed by atoms with Crippen LogP contribution in [0.4, 0.5) is 5.69 Å². The number of hydrogen-bond donors (Lipinski definition) is 1. The molecule has 1 amide bonds. The van der Waals surface area contributed by atoms with E-state index in [0.717, 1.165) is 11.0 Å². The van der Waals surface area contributed by atoms with E-state index in [9.17, 15) is 14.4 Å². The Labute approximate surface area is 190 Å². The summed E-state index contributed by atoms with van der Waals surface area (Å²) in [5.41, 5.74) is 1.76. The Morgan fingerprint density at radius 3 is 2.09 bits per heavy atom. The molecule has 2 aromatic carbocycles. The number of hydrogen-bond acceptors (Lipinski definition) is 7. The van der Waals surface area contributed by atoms with E-state index < -0.39 is 18.5 Å². The summed E-state index contributed by atoms with van der Waals surface area (Å²) in [7, 11) is 4.41. The quantitative estimate of drug-likeness (QED) is 0.466. The molecule has 1 aromatic heterocycles. The molecule has 0 spiro atoms. The molecule has 1 N–H and O–H groups in total. The summed E-state index contributed by atoms with van der Waals surface area (Å²) >= 11 is 0. The second-order valence-corrected chi connectivity index (χ2v) is 7.04. The SMILES string of the molecule is CCn1c(=O)n(CCC(=O)OCC(=O)Nc2cc(OC)c(OC)c(OC)c2)c2ccccc21. The van der Waals surface area contributed by atoms with E-state index in [4.69, 9.17) is 18.9 Å². The van der Waals surface area contributed by atoms with E-state index in [0.29, 0.717) is 29.5 Å². The maximum atomic E-state index is 12.6. The molecule has 10 heteroatoms. The molecular weight excluding hydrogens is 430 g/mol. The lowest BCUT2D eigenvalue weighted by atomic mass is 10.2. The molecule has 0 aliphatic carbocycles. The summed E-state index contributed by atoms with van der Waals surface area (Å²) in [6, 6.07) is 10.5. The molecule has 0 aliphatic rings. The number of amides is 1. The minimum atomic E-state index is -0.588. The van der Waals surface area contributed by atoms with Gasteiger partial charge in [0.2, 0.25) is 5.75 Å². The highest BCUT2D eigenvalue weighted by molar-refractivity contribution is 5.93. The number of para-hydroxylation sites is 2. The van der Waals surface area contributed by atoms with Gasteiger partial charge >= 0.3 is 11.7 Å². The minimum absolute atomic E-state index is 0.0465. The van der Waals surface area contributed by atoms with Gasteiger partial charge < -0.3 is 24.3 Å². The fourth-order valence-corrected chi connectivity index (χ4v) is 3.57. The van der Waals surface area contributed by atoms with Crippen molar-refractivity contribution in [2.24, 2.45) is 0 Å². The van der Waals surface area contributed by atoms with Crippen LogP contribution in [0.2, 0.25) is 0 Å². The number of anilines is 1. The van der Waals surface area contributed by atoms with Gasteiger partial charge in [-0.1, -0.05) is 12.1 Å². The first kappa shape index (κ1) is 23.7. The Balaban J connectivity index is 1.59. The van der Waals surface area contributed by atoms with Gasteiger partial charge in [0.1, 0.15) is 0 Å². The molecule has 0 bridgehead atoms. The average molecular weight is 457 g/mol. The number of nitrogens with one attached hydrogen (secondary N) is 1. The summed E-state index contributed by atoms with van der Waals surface area (Å²) in [4.78, 5) is 37.1. The molecule has 3 rings (SSSR count). The first-order chi connectivity index (χ1) is 15.9. The monoisotopic (exact) mass is 457 g/mol. The van der Waals surface area contributed by atoms with Crippen molar-refractivity contribution in [3.8, 4) is 17.2 Å². The third-order valence-electron chi connectivity index (χ3n) is 5.09. The predicted octanol–water partition coefficient (Wildman–Crippen LogP) is 2.42. The van der Waals surface area contributed by atoms with E-state index in [1.165, 1.54) is 25.9 Å². The standard InChI is InChI=1S/C23H27N3O7/c1-5-25-16-8-6-7-9-17(16)26(23(25)29)11-10-21(28)33-14-20(27)24-15-12-18(30-2)22(32-4)19(13-15)31-3/h6-9,12-13H,5,10-11,14H2,1-4H3,(H,24,27). The molecule has 0 radical (unpaired) electrons. The third kappa shape index (κ3) is 5.11. The normalized spacial score (nSPS) is 10.7. The zero-order chi connectivity index (χ0) is 24.0. The molecule has 0 saturated carbocycles. The fourth-order valence-electron chi connectivity index (χ4n) is 3.57. The Morgan fingerprint density at radius 2 is 1.55 bits per heavy atom. The second kappa shape index (κ2) is 10.6. The molecule has 3 aromatic rings. The molecule has 1 heterocycles. The lowest BCUT2D eigenvalue weighted by molar-refractivity contribution is -0.147. The van der Waals surface area contributed by atoms with Gasteiger partial charge in [0, 0.05) is 30.9 Å². The zero-order valence-corrected chi connectivity index (χ0v) is 19.0.